The van der Waals surface area contributed by atoms with Crippen LogP contribution >= 0.6 is 0 Å². The quantitative estimate of drug-likeness (QED) is 0.735. The average Bonchev–Trinajstić information content (AvgIpc) is 2.78. The van der Waals surface area contributed by atoms with E-state index in [-0.39, 0.29) is 35.1 Å². The normalized spacial score (nSPS) is 26.9. The zero-order chi connectivity index (χ0) is 16.4. The van der Waals surface area contributed by atoms with E-state index in [1.807, 2.05) is 6.92 Å². The standard InChI is InChI=1S/C13H24N2O5S2/c1-2-8-22(19,20)15-6-3-11(4-7-15)13(16)14-12-5-9-21(17,18)10-12/h11-12H,2-10H2,1H3,(H,14,16). The van der Waals surface area contributed by atoms with E-state index in [0.29, 0.717) is 38.8 Å². The number of carbonyl (C=O) groups excluding carboxylic acids is 1. The molecule has 2 fully saturated rings. The molecule has 2 rings (SSSR count). The van der Waals surface area contributed by atoms with Crippen LogP contribution in [0.15, 0.2) is 0 Å². The number of hydrogen-bond donors (Lipinski definition) is 1. The van der Waals surface area contributed by atoms with Crippen LogP contribution in [-0.4, -0.2) is 63.4 Å². The highest BCUT2D eigenvalue weighted by Gasteiger charge is 2.34. The molecule has 128 valence electrons. The molecule has 0 aromatic carbocycles. The van der Waals surface area contributed by atoms with E-state index in [2.05, 4.69) is 5.32 Å². The van der Waals surface area contributed by atoms with Crippen LogP contribution in [0.2, 0.25) is 0 Å². The average molecular weight is 352 g/mol. The van der Waals surface area contributed by atoms with E-state index < -0.39 is 19.9 Å². The summed E-state index contributed by atoms with van der Waals surface area (Å²) in [5.41, 5.74) is 0. The SMILES string of the molecule is CCCS(=O)(=O)N1CCC(C(=O)NC2CCS(=O)(=O)C2)CC1. The zero-order valence-electron chi connectivity index (χ0n) is 12.8. The second-order valence-corrected chi connectivity index (χ2v) is 10.4. The summed E-state index contributed by atoms with van der Waals surface area (Å²) in [6.07, 6.45) is 2.04. The first kappa shape index (κ1) is 17.7. The number of piperidine rings is 1. The molecule has 22 heavy (non-hydrogen) atoms. The van der Waals surface area contributed by atoms with Crippen LogP contribution < -0.4 is 5.32 Å². The lowest BCUT2D eigenvalue weighted by Gasteiger charge is -2.31. The van der Waals surface area contributed by atoms with Gasteiger partial charge in [0.1, 0.15) is 0 Å². The molecule has 1 atom stereocenters. The lowest BCUT2D eigenvalue weighted by Crippen LogP contribution is -2.46. The molecule has 9 heteroatoms. The summed E-state index contributed by atoms with van der Waals surface area (Å²) in [7, 11) is -6.21. The van der Waals surface area contributed by atoms with Crippen LogP contribution in [0, 0.1) is 5.92 Å². The van der Waals surface area contributed by atoms with Gasteiger partial charge in [0.15, 0.2) is 9.84 Å². The van der Waals surface area contributed by atoms with Crippen molar-refractivity contribution in [3.8, 4) is 0 Å². The highest BCUT2D eigenvalue weighted by molar-refractivity contribution is 7.91. The van der Waals surface area contributed by atoms with Gasteiger partial charge in [0.05, 0.1) is 17.3 Å². The summed E-state index contributed by atoms with van der Waals surface area (Å²) in [6, 6.07) is -0.292. The molecule has 0 bridgehead atoms. The van der Waals surface area contributed by atoms with Gasteiger partial charge in [0, 0.05) is 25.0 Å². The van der Waals surface area contributed by atoms with Crippen LogP contribution in [0.1, 0.15) is 32.6 Å². The van der Waals surface area contributed by atoms with Gasteiger partial charge in [-0.25, -0.2) is 21.1 Å². The van der Waals surface area contributed by atoms with Crippen LogP contribution in [0.5, 0.6) is 0 Å². The predicted octanol–water partition coefficient (Wildman–Crippen LogP) is -0.258. The number of hydrogen-bond acceptors (Lipinski definition) is 5. The fourth-order valence-corrected chi connectivity index (χ4v) is 6.23. The largest absolute Gasteiger partial charge is 0.352 e. The van der Waals surface area contributed by atoms with Gasteiger partial charge in [-0.1, -0.05) is 6.92 Å². The Morgan fingerprint density at radius 1 is 1.23 bits per heavy atom. The van der Waals surface area contributed by atoms with Crippen LogP contribution in [-0.2, 0) is 24.7 Å². The summed E-state index contributed by atoms with van der Waals surface area (Å²) >= 11 is 0. The lowest BCUT2D eigenvalue weighted by atomic mass is 9.97. The number of amides is 1. The van der Waals surface area contributed by atoms with Gasteiger partial charge in [-0.15, -0.1) is 0 Å². The predicted molar refractivity (Wildman–Crippen MR) is 83.6 cm³/mol. The maximum Gasteiger partial charge on any atom is 0.223 e. The molecule has 2 saturated heterocycles. The Balaban J connectivity index is 1.83. The van der Waals surface area contributed by atoms with Gasteiger partial charge in [0.25, 0.3) is 0 Å². The van der Waals surface area contributed by atoms with Gasteiger partial charge < -0.3 is 5.32 Å². The Labute approximate surface area is 132 Å². The van der Waals surface area contributed by atoms with Gasteiger partial charge in [0.2, 0.25) is 15.9 Å². The van der Waals surface area contributed by atoms with Crippen molar-refractivity contribution in [3.63, 3.8) is 0 Å². The molecule has 0 spiro atoms. The third kappa shape index (κ3) is 4.42. The van der Waals surface area contributed by atoms with Crippen molar-refractivity contribution < 1.29 is 21.6 Å². The summed E-state index contributed by atoms with van der Waals surface area (Å²) in [5, 5.41) is 2.80. The smallest absolute Gasteiger partial charge is 0.223 e. The minimum Gasteiger partial charge on any atom is -0.352 e. The van der Waals surface area contributed by atoms with E-state index >= 15 is 0 Å². The first-order chi connectivity index (χ1) is 10.2. The highest BCUT2D eigenvalue weighted by atomic mass is 32.2. The number of sulfone groups is 1. The molecule has 0 aliphatic carbocycles. The van der Waals surface area contributed by atoms with Gasteiger partial charge in [-0.05, 0) is 25.7 Å². The number of nitrogens with one attached hydrogen (secondary N) is 1. The molecule has 7 nitrogen and oxygen atoms in total. The first-order valence-corrected chi connectivity index (χ1v) is 11.1. The van der Waals surface area contributed by atoms with Crippen molar-refractivity contribution in [2.45, 2.75) is 38.6 Å². The minimum absolute atomic E-state index is 0.0163. The van der Waals surface area contributed by atoms with Crippen molar-refractivity contribution in [2.24, 2.45) is 5.92 Å². The van der Waals surface area contributed by atoms with E-state index in [4.69, 9.17) is 0 Å². The number of nitrogens with zero attached hydrogens (tertiary/aromatic N) is 1. The van der Waals surface area contributed by atoms with E-state index in [9.17, 15) is 21.6 Å². The molecule has 2 aliphatic heterocycles. The molecule has 1 N–H and O–H groups in total. The molecular weight excluding hydrogens is 328 g/mol. The lowest BCUT2D eigenvalue weighted by molar-refractivity contribution is -0.126. The Morgan fingerprint density at radius 3 is 2.36 bits per heavy atom. The monoisotopic (exact) mass is 352 g/mol. The molecule has 2 heterocycles. The number of carbonyl (C=O) groups is 1. The van der Waals surface area contributed by atoms with Gasteiger partial charge >= 0.3 is 0 Å². The second kappa shape index (κ2) is 6.84. The van der Waals surface area contributed by atoms with E-state index in [1.165, 1.54) is 4.31 Å². The highest BCUT2D eigenvalue weighted by Crippen LogP contribution is 2.21. The molecule has 0 radical (unpaired) electrons. The molecular formula is C13H24N2O5S2. The molecule has 0 saturated carbocycles. The Morgan fingerprint density at radius 2 is 1.86 bits per heavy atom. The summed E-state index contributed by atoms with van der Waals surface area (Å²) in [6.45, 7) is 2.56. The maximum absolute atomic E-state index is 12.2. The first-order valence-electron chi connectivity index (χ1n) is 7.72. The number of rotatable bonds is 5. The minimum atomic E-state index is -3.20. The molecule has 0 aromatic heterocycles. The van der Waals surface area contributed by atoms with Crippen molar-refractivity contribution in [2.75, 3.05) is 30.3 Å². The summed E-state index contributed by atoms with van der Waals surface area (Å²) in [4.78, 5) is 12.2. The molecule has 1 unspecified atom stereocenters. The van der Waals surface area contributed by atoms with Gasteiger partial charge in [-0.2, -0.15) is 0 Å². The molecule has 2 aliphatic rings. The Bertz CT molecular complexity index is 606. The fraction of sp³-hybridized carbons (Fsp3) is 0.923. The van der Waals surface area contributed by atoms with Crippen molar-refractivity contribution in [3.05, 3.63) is 0 Å². The fourth-order valence-electron chi connectivity index (χ4n) is 3.01. The zero-order valence-corrected chi connectivity index (χ0v) is 14.5. The second-order valence-electron chi connectivity index (χ2n) is 6.10. The molecule has 1 amide bonds. The van der Waals surface area contributed by atoms with E-state index in [0.717, 1.165) is 0 Å². The van der Waals surface area contributed by atoms with Crippen molar-refractivity contribution in [1.82, 2.24) is 9.62 Å². The Kier molecular flexibility index (Phi) is 5.50. The topological polar surface area (TPSA) is 101 Å². The van der Waals surface area contributed by atoms with E-state index in [1.54, 1.807) is 0 Å². The van der Waals surface area contributed by atoms with Crippen LogP contribution in [0.3, 0.4) is 0 Å². The number of sulfonamides is 1. The summed E-state index contributed by atoms with van der Waals surface area (Å²) in [5.74, 6) is -0.0798. The molecule has 0 aromatic rings. The third-order valence-corrected chi connectivity index (χ3v) is 8.10. The maximum atomic E-state index is 12.2. The van der Waals surface area contributed by atoms with Crippen LogP contribution in [0.25, 0.3) is 0 Å². The van der Waals surface area contributed by atoms with Crippen molar-refractivity contribution in [1.29, 1.82) is 0 Å². The Hall–Kier alpha value is -0.670. The van der Waals surface area contributed by atoms with Crippen molar-refractivity contribution >= 4 is 25.8 Å². The van der Waals surface area contributed by atoms with Crippen LogP contribution in [0.4, 0.5) is 0 Å². The van der Waals surface area contributed by atoms with Gasteiger partial charge in [-0.3, -0.25) is 4.79 Å². The third-order valence-electron chi connectivity index (χ3n) is 4.26. The summed E-state index contributed by atoms with van der Waals surface area (Å²) < 4.78 is 48.2.